The van der Waals surface area contributed by atoms with Crippen LogP contribution in [0.5, 0.6) is 5.75 Å². The fraction of sp³-hybridized carbons (Fsp3) is 0.333. The molecule has 0 saturated carbocycles. The zero-order chi connectivity index (χ0) is 15.2. The van der Waals surface area contributed by atoms with E-state index >= 15 is 0 Å². The third-order valence-electron chi connectivity index (χ3n) is 3.06. The smallest absolute Gasteiger partial charge is 0.250 e. The highest BCUT2D eigenvalue weighted by Crippen LogP contribution is 2.24. The second-order valence-corrected chi connectivity index (χ2v) is 5.58. The maximum atomic E-state index is 5.31. The summed E-state index contributed by atoms with van der Waals surface area (Å²) in [6.07, 6.45) is 4.40. The predicted molar refractivity (Wildman–Crippen MR) is 86.1 cm³/mol. The molecule has 6 heteroatoms. The summed E-state index contributed by atoms with van der Waals surface area (Å²) in [7, 11) is 3.55. The van der Waals surface area contributed by atoms with Gasteiger partial charge in [0, 0.05) is 28.6 Å². The number of nitrogens with one attached hydrogen (secondary N) is 1. The van der Waals surface area contributed by atoms with Crippen molar-refractivity contribution in [1.29, 1.82) is 0 Å². The number of ether oxygens (including phenoxy) is 1. The van der Waals surface area contributed by atoms with E-state index in [-0.39, 0.29) is 0 Å². The molecule has 0 fully saturated rings. The quantitative estimate of drug-likeness (QED) is 0.865. The van der Waals surface area contributed by atoms with Crippen molar-refractivity contribution < 1.29 is 9.26 Å². The van der Waals surface area contributed by atoms with E-state index in [1.54, 1.807) is 13.2 Å². The number of nitrogens with zero attached hydrogens (tertiary/aromatic N) is 2. The monoisotopic (exact) mass is 351 g/mol. The molecule has 1 atom stereocenters. The van der Waals surface area contributed by atoms with Crippen LogP contribution in [0, 0.1) is 0 Å². The Bertz CT molecular complexity index is 625. The van der Waals surface area contributed by atoms with Crippen LogP contribution in [0.4, 0.5) is 0 Å². The van der Waals surface area contributed by atoms with Crippen molar-refractivity contribution in [3.8, 4) is 5.75 Å². The zero-order valence-corrected chi connectivity index (χ0v) is 13.8. The third-order valence-corrected chi connectivity index (χ3v) is 3.56. The molecule has 0 amide bonds. The maximum absolute atomic E-state index is 5.31. The number of halogens is 1. The summed E-state index contributed by atoms with van der Waals surface area (Å²) in [5.41, 5.74) is 0.940. The molecule has 2 rings (SSSR count). The molecule has 112 valence electrons. The Balaban J connectivity index is 2.13. The van der Waals surface area contributed by atoms with E-state index in [2.05, 4.69) is 38.3 Å². The first-order valence-corrected chi connectivity index (χ1v) is 7.43. The molecule has 0 spiro atoms. The average molecular weight is 352 g/mol. The number of rotatable bonds is 6. The van der Waals surface area contributed by atoms with Crippen LogP contribution >= 0.6 is 15.9 Å². The number of likely N-dealkylation sites (N-methyl/N-ethyl adjacent to an activating group) is 1. The van der Waals surface area contributed by atoms with Gasteiger partial charge in [-0.3, -0.25) is 0 Å². The van der Waals surface area contributed by atoms with Crippen molar-refractivity contribution in [2.45, 2.75) is 19.4 Å². The number of hydrogen-bond donors (Lipinski definition) is 1. The van der Waals surface area contributed by atoms with Gasteiger partial charge in [-0.05, 0) is 38.2 Å². The molecular formula is C15H18BrN3O2. The topological polar surface area (TPSA) is 60.2 Å². The van der Waals surface area contributed by atoms with Gasteiger partial charge in [0.15, 0.2) is 5.82 Å². The van der Waals surface area contributed by atoms with Crippen LogP contribution in [0.15, 0.2) is 27.2 Å². The van der Waals surface area contributed by atoms with Crippen molar-refractivity contribution in [3.05, 3.63) is 40.0 Å². The minimum atomic E-state index is 0.310. The molecule has 0 radical (unpaired) electrons. The minimum absolute atomic E-state index is 0.310. The predicted octanol–water partition coefficient (Wildman–Crippen LogP) is 3.16. The van der Waals surface area contributed by atoms with E-state index in [0.29, 0.717) is 17.8 Å². The van der Waals surface area contributed by atoms with Crippen molar-refractivity contribution in [3.63, 3.8) is 0 Å². The summed E-state index contributed by atoms with van der Waals surface area (Å²) in [6.45, 7) is 2.07. The Morgan fingerprint density at radius 3 is 2.95 bits per heavy atom. The first-order chi connectivity index (χ1) is 10.1. The van der Waals surface area contributed by atoms with Crippen molar-refractivity contribution >= 4 is 28.1 Å². The second-order valence-electron chi connectivity index (χ2n) is 4.66. The lowest BCUT2D eigenvalue weighted by molar-refractivity contribution is 0.400. The fourth-order valence-electron chi connectivity index (χ4n) is 1.79. The van der Waals surface area contributed by atoms with Gasteiger partial charge >= 0.3 is 0 Å². The molecule has 0 aliphatic carbocycles. The standard InChI is InChI=1S/C15H18BrN3O2/c1-10(17-2)8-14-18-15(21-19-14)7-4-11-9-12(16)5-6-13(11)20-3/h4-7,9-10,17H,8H2,1-3H3/b7-4+. The summed E-state index contributed by atoms with van der Waals surface area (Å²) >= 11 is 3.44. The van der Waals surface area contributed by atoms with E-state index in [0.717, 1.165) is 22.2 Å². The van der Waals surface area contributed by atoms with Crippen LogP contribution in [0.3, 0.4) is 0 Å². The molecular weight excluding hydrogens is 334 g/mol. The maximum Gasteiger partial charge on any atom is 0.250 e. The van der Waals surface area contributed by atoms with Crippen molar-refractivity contribution in [1.82, 2.24) is 15.5 Å². The summed E-state index contributed by atoms with van der Waals surface area (Å²) in [6, 6.07) is 6.11. The van der Waals surface area contributed by atoms with Gasteiger partial charge in [-0.15, -0.1) is 0 Å². The SMILES string of the molecule is CNC(C)Cc1noc(/C=C/c2cc(Br)ccc2OC)n1. The van der Waals surface area contributed by atoms with Crippen LogP contribution in [0.2, 0.25) is 0 Å². The fourth-order valence-corrected chi connectivity index (χ4v) is 2.17. The molecule has 1 heterocycles. The van der Waals surface area contributed by atoms with E-state index < -0.39 is 0 Å². The zero-order valence-electron chi connectivity index (χ0n) is 12.3. The van der Waals surface area contributed by atoms with Crippen molar-refractivity contribution in [2.75, 3.05) is 14.2 Å². The van der Waals surface area contributed by atoms with Crippen LogP contribution in [-0.4, -0.2) is 30.3 Å². The van der Waals surface area contributed by atoms with Crippen LogP contribution in [-0.2, 0) is 6.42 Å². The summed E-state index contributed by atoms with van der Waals surface area (Å²) in [5, 5.41) is 7.10. The highest BCUT2D eigenvalue weighted by Gasteiger charge is 2.08. The molecule has 0 saturated heterocycles. The molecule has 1 N–H and O–H groups in total. The van der Waals surface area contributed by atoms with Gasteiger partial charge in [0.05, 0.1) is 7.11 Å². The number of aromatic nitrogens is 2. The van der Waals surface area contributed by atoms with Crippen LogP contribution in [0.25, 0.3) is 12.2 Å². The average Bonchev–Trinajstić information content (AvgIpc) is 2.92. The van der Waals surface area contributed by atoms with Gasteiger partial charge in [-0.2, -0.15) is 4.98 Å². The first-order valence-electron chi connectivity index (χ1n) is 6.64. The van der Waals surface area contributed by atoms with Gasteiger partial charge in [0.25, 0.3) is 5.89 Å². The number of methoxy groups -OCH3 is 1. The first kappa shape index (κ1) is 15.7. The molecule has 0 aliphatic heterocycles. The van der Waals surface area contributed by atoms with Gasteiger partial charge in [-0.1, -0.05) is 21.1 Å². The van der Waals surface area contributed by atoms with E-state index in [1.807, 2.05) is 31.3 Å². The van der Waals surface area contributed by atoms with Gasteiger partial charge in [0.2, 0.25) is 0 Å². The van der Waals surface area contributed by atoms with Crippen molar-refractivity contribution in [2.24, 2.45) is 0 Å². The van der Waals surface area contributed by atoms with Gasteiger partial charge < -0.3 is 14.6 Å². The lowest BCUT2D eigenvalue weighted by atomic mass is 10.2. The number of hydrogen-bond acceptors (Lipinski definition) is 5. The third kappa shape index (κ3) is 4.41. The normalized spacial score (nSPS) is 12.8. The van der Waals surface area contributed by atoms with E-state index in [4.69, 9.17) is 9.26 Å². The minimum Gasteiger partial charge on any atom is -0.496 e. The lowest BCUT2D eigenvalue weighted by Gasteiger charge is -2.04. The van der Waals surface area contributed by atoms with Crippen LogP contribution < -0.4 is 10.1 Å². The van der Waals surface area contributed by atoms with Crippen LogP contribution in [0.1, 0.15) is 24.2 Å². The highest BCUT2D eigenvalue weighted by molar-refractivity contribution is 9.10. The Morgan fingerprint density at radius 2 is 2.24 bits per heavy atom. The Morgan fingerprint density at radius 1 is 1.43 bits per heavy atom. The largest absolute Gasteiger partial charge is 0.496 e. The molecule has 1 aromatic heterocycles. The second kappa shape index (κ2) is 7.38. The highest BCUT2D eigenvalue weighted by atomic mass is 79.9. The molecule has 21 heavy (non-hydrogen) atoms. The lowest BCUT2D eigenvalue weighted by Crippen LogP contribution is -2.24. The van der Waals surface area contributed by atoms with Gasteiger partial charge in [0.1, 0.15) is 5.75 Å². The summed E-state index contributed by atoms with van der Waals surface area (Å²) < 4.78 is 11.5. The van der Waals surface area contributed by atoms with E-state index in [9.17, 15) is 0 Å². The molecule has 5 nitrogen and oxygen atoms in total. The summed E-state index contributed by atoms with van der Waals surface area (Å²) in [4.78, 5) is 4.33. The Kier molecular flexibility index (Phi) is 5.52. The number of benzene rings is 1. The molecule has 0 bridgehead atoms. The Labute approximate surface area is 132 Å². The molecule has 2 aromatic rings. The summed E-state index contributed by atoms with van der Waals surface area (Å²) in [5.74, 6) is 1.96. The van der Waals surface area contributed by atoms with Gasteiger partial charge in [-0.25, -0.2) is 0 Å². The Hall–Kier alpha value is -1.66. The van der Waals surface area contributed by atoms with E-state index in [1.165, 1.54) is 0 Å². The molecule has 1 unspecified atom stereocenters. The molecule has 1 aromatic carbocycles. The molecule has 0 aliphatic rings.